The van der Waals surface area contributed by atoms with E-state index in [0.717, 1.165) is 29.8 Å². The van der Waals surface area contributed by atoms with E-state index in [0.29, 0.717) is 12.0 Å². The second-order valence-electron chi connectivity index (χ2n) is 6.80. The molecule has 5 rings (SSSR count). The number of hydrogen-bond donors (Lipinski definition) is 1. The van der Waals surface area contributed by atoms with Crippen molar-refractivity contribution in [2.75, 3.05) is 0 Å². The van der Waals surface area contributed by atoms with Crippen molar-refractivity contribution in [1.29, 1.82) is 0 Å². The fraction of sp³-hybridized carbons (Fsp3) is 0.174. The minimum atomic E-state index is 0.347. The van der Waals surface area contributed by atoms with Gasteiger partial charge < -0.3 is 9.73 Å². The number of para-hydroxylation sites is 2. The smallest absolute Gasteiger partial charge is 0.195 e. The van der Waals surface area contributed by atoms with Crippen LogP contribution in [0.15, 0.2) is 98.8 Å². The van der Waals surface area contributed by atoms with E-state index < -0.39 is 0 Å². The minimum absolute atomic E-state index is 0.347. The lowest BCUT2D eigenvalue weighted by Crippen LogP contribution is -2.26. The molecule has 27 heavy (non-hydrogen) atoms. The number of nitrogens with one attached hydrogen (secondary N) is 1. The maximum atomic E-state index is 5.90. The highest BCUT2D eigenvalue weighted by Crippen LogP contribution is 2.42. The third kappa shape index (κ3) is 3.33. The van der Waals surface area contributed by atoms with E-state index in [9.17, 15) is 0 Å². The van der Waals surface area contributed by atoms with E-state index in [4.69, 9.17) is 4.42 Å². The molecule has 134 valence electrons. The van der Waals surface area contributed by atoms with Crippen LogP contribution in [0.5, 0.6) is 0 Å². The summed E-state index contributed by atoms with van der Waals surface area (Å²) in [6.45, 7) is 0. The number of allylic oxidation sites excluding steroid dienone is 3. The molecule has 0 radical (unpaired) electrons. The molecule has 0 bridgehead atoms. The predicted molar refractivity (Wildman–Crippen MR) is 110 cm³/mol. The summed E-state index contributed by atoms with van der Waals surface area (Å²) in [5.41, 5.74) is 3.09. The van der Waals surface area contributed by atoms with Gasteiger partial charge >= 0.3 is 0 Å². The molecule has 2 atom stereocenters. The van der Waals surface area contributed by atoms with Gasteiger partial charge in [-0.05, 0) is 30.7 Å². The molecule has 1 N–H and O–H groups in total. The highest BCUT2D eigenvalue weighted by Gasteiger charge is 2.32. The molecule has 0 saturated heterocycles. The van der Waals surface area contributed by atoms with Gasteiger partial charge in [-0.25, -0.2) is 4.98 Å². The molecule has 1 aliphatic carbocycles. The number of aromatic nitrogens is 1. The largest absolute Gasteiger partial charge is 0.441 e. The average molecular weight is 372 g/mol. The third-order valence-corrected chi connectivity index (χ3v) is 6.22. The molecule has 2 heterocycles. The molecule has 0 saturated carbocycles. The van der Waals surface area contributed by atoms with Gasteiger partial charge in [0.1, 0.15) is 5.52 Å². The molecule has 2 aromatic carbocycles. The first-order valence-electron chi connectivity index (χ1n) is 9.29. The van der Waals surface area contributed by atoms with Crippen LogP contribution < -0.4 is 5.32 Å². The zero-order chi connectivity index (χ0) is 18.1. The average Bonchev–Trinajstić information content (AvgIpc) is 3.28. The van der Waals surface area contributed by atoms with Gasteiger partial charge in [-0.15, -0.1) is 0 Å². The second-order valence-corrected chi connectivity index (χ2v) is 7.91. The standard InChI is InChI=1S/C23H20N2OS/c1-2-8-16(9-3-1)27-23-17-10-4-5-11-18(17)24-20(23)14-15-22-25-19-12-6-7-13-21(19)26-22/h1-13,17-18,24H,14-15H2. The molecule has 2 unspecified atom stereocenters. The number of thioether (sulfide) groups is 1. The van der Waals surface area contributed by atoms with Gasteiger partial charge in [0.05, 0.1) is 6.04 Å². The fourth-order valence-electron chi connectivity index (χ4n) is 3.67. The molecule has 1 aromatic heterocycles. The summed E-state index contributed by atoms with van der Waals surface area (Å²) < 4.78 is 5.90. The molecule has 2 aliphatic rings. The lowest BCUT2D eigenvalue weighted by Gasteiger charge is -2.18. The van der Waals surface area contributed by atoms with Crippen molar-refractivity contribution >= 4 is 22.9 Å². The topological polar surface area (TPSA) is 38.1 Å². The van der Waals surface area contributed by atoms with Crippen LogP contribution >= 0.6 is 11.8 Å². The number of hydrogen-bond acceptors (Lipinski definition) is 4. The zero-order valence-corrected chi connectivity index (χ0v) is 15.7. The first-order valence-corrected chi connectivity index (χ1v) is 10.1. The molecule has 1 aliphatic heterocycles. The van der Waals surface area contributed by atoms with Gasteiger partial charge in [0.25, 0.3) is 0 Å². The summed E-state index contributed by atoms with van der Waals surface area (Å²) >= 11 is 1.87. The second kappa shape index (κ2) is 7.12. The SMILES string of the molecule is C1=CC2NC(CCc3nc4ccccc4o3)=C(Sc3ccccc3)C2C=C1. The Balaban J connectivity index is 1.40. The summed E-state index contributed by atoms with van der Waals surface area (Å²) in [6.07, 6.45) is 10.5. The number of nitrogens with zero attached hydrogens (tertiary/aromatic N) is 1. The Labute approximate surface area is 162 Å². The molecule has 0 amide bonds. The van der Waals surface area contributed by atoms with E-state index in [1.807, 2.05) is 36.0 Å². The molecule has 0 fully saturated rings. The Bertz CT molecular complexity index is 1020. The van der Waals surface area contributed by atoms with E-state index in [-0.39, 0.29) is 0 Å². The van der Waals surface area contributed by atoms with Crippen molar-refractivity contribution in [3.8, 4) is 0 Å². The van der Waals surface area contributed by atoms with Crippen molar-refractivity contribution < 1.29 is 4.42 Å². The molecular weight excluding hydrogens is 352 g/mol. The van der Waals surface area contributed by atoms with Crippen molar-refractivity contribution in [3.05, 3.63) is 95.4 Å². The molecule has 3 nitrogen and oxygen atoms in total. The summed E-state index contributed by atoms with van der Waals surface area (Å²) in [6, 6.07) is 18.9. The number of oxazole rings is 1. The van der Waals surface area contributed by atoms with Crippen LogP contribution in [0.4, 0.5) is 0 Å². The van der Waals surface area contributed by atoms with E-state index >= 15 is 0 Å². The first kappa shape index (κ1) is 16.5. The molecule has 0 spiro atoms. The normalized spacial score (nSPS) is 20.9. The van der Waals surface area contributed by atoms with Gasteiger partial charge in [0.15, 0.2) is 11.5 Å². The predicted octanol–water partition coefficient (Wildman–Crippen LogP) is 5.48. The van der Waals surface area contributed by atoms with Crippen LogP contribution in [0.25, 0.3) is 11.1 Å². The minimum Gasteiger partial charge on any atom is -0.441 e. The number of fused-ring (bicyclic) bond motifs is 2. The Morgan fingerprint density at radius 1 is 0.926 bits per heavy atom. The monoisotopic (exact) mass is 372 g/mol. The summed E-state index contributed by atoms with van der Waals surface area (Å²) in [7, 11) is 0. The molecule has 3 aromatic rings. The highest BCUT2D eigenvalue weighted by molar-refractivity contribution is 8.03. The van der Waals surface area contributed by atoms with Crippen molar-refractivity contribution in [2.45, 2.75) is 23.8 Å². The van der Waals surface area contributed by atoms with Crippen LogP contribution in [0.1, 0.15) is 12.3 Å². The van der Waals surface area contributed by atoms with Crippen LogP contribution in [-0.4, -0.2) is 11.0 Å². The first-order chi connectivity index (χ1) is 13.4. The van der Waals surface area contributed by atoms with Crippen LogP contribution in [-0.2, 0) is 6.42 Å². The van der Waals surface area contributed by atoms with Crippen LogP contribution in [0.2, 0.25) is 0 Å². The Morgan fingerprint density at radius 2 is 1.74 bits per heavy atom. The van der Waals surface area contributed by atoms with Gasteiger partial charge in [-0.2, -0.15) is 0 Å². The molecule has 4 heteroatoms. The highest BCUT2D eigenvalue weighted by atomic mass is 32.2. The Kier molecular flexibility index (Phi) is 4.34. The lowest BCUT2D eigenvalue weighted by molar-refractivity contribution is 0.523. The van der Waals surface area contributed by atoms with Gasteiger partial charge in [0.2, 0.25) is 0 Å². The summed E-state index contributed by atoms with van der Waals surface area (Å²) in [4.78, 5) is 7.30. The van der Waals surface area contributed by atoms with Gasteiger partial charge in [-0.1, -0.05) is 66.4 Å². The van der Waals surface area contributed by atoms with Gasteiger partial charge in [0, 0.05) is 27.8 Å². The fourth-order valence-corrected chi connectivity index (χ4v) is 4.86. The third-order valence-electron chi connectivity index (χ3n) is 4.97. The summed E-state index contributed by atoms with van der Waals surface area (Å²) in [5.74, 6) is 1.20. The number of aryl methyl sites for hydroxylation is 1. The number of rotatable bonds is 5. The lowest BCUT2D eigenvalue weighted by atomic mass is 9.97. The Hall–Kier alpha value is -2.72. The van der Waals surface area contributed by atoms with Crippen molar-refractivity contribution in [2.24, 2.45) is 5.92 Å². The van der Waals surface area contributed by atoms with E-state index in [2.05, 4.69) is 64.9 Å². The van der Waals surface area contributed by atoms with E-state index in [1.54, 1.807) is 0 Å². The molecular formula is C23H20N2OS. The van der Waals surface area contributed by atoms with Crippen LogP contribution in [0, 0.1) is 5.92 Å². The maximum absolute atomic E-state index is 5.90. The Morgan fingerprint density at radius 3 is 2.63 bits per heavy atom. The van der Waals surface area contributed by atoms with Crippen molar-refractivity contribution in [3.63, 3.8) is 0 Å². The maximum Gasteiger partial charge on any atom is 0.195 e. The van der Waals surface area contributed by atoms with Crippen LogP contribution in [0.3, 0.4) is 0 Å². The number of benzene rings is 2. The van der Waals surface area contributed by atoms with Crippen molar-refractivity contribution in [1.82, 2.24) is 10.3 Å². The quantitative estimate of drug-likeness (QED) is 0.644. The zero-order valence-electron chi connectivity index (χ0n) is 14.8. The summed E-state index contributed by atoms with van der Waals surface area (Å²) in [5, 5.41) is 3.72. The van der Waals surface area contributed by atoms with Gasteiger partial charge in [-0.3, -0.25) is 0 Å². The van der Waals surface area contributed by atoms with E-state index in [1.165, 1.54) is 15.5 Å².